The van der Waals surface area contributed by atoms with Crippen molar-refractivity contribution in [1.29, 1.82) is 0 Å². The zero-order valence-electron chi connectivity index (χ0n) is 29.6. The molecule has 0 amide bonds. The molecule has 18 heteroatoms. The molecule has 1 heterocycles. The number of fused-ring (bicyclic) bond motifs is 1. The van der Waals surface area contributed by atoms with Gasteiger partial charge in [0.1, 0.15) is 29.6 Å². The van der Waals surface area contributed by atoms with E-state index in [1.54, 1.807) is 56.3 Å². The van der Waals surface area contributed by atoms with Gasteiger partial charge >= 0.3 is 17.8 Å². The normalized spacial score (nSPS) is 11.4. The van der Waals surface area contributed by atoms with Crippen LogP contribution in [0.15, 0.2) is 90.2 Å². The second kappa shape index (κ2) is 19.5. The molecular formula is C37H33Cl2F3N4O9. The van der Waals surface area contributed by atoms with Crippen LogP contribution in [0.3, 0.4) is 0 Å². The molecule has 0 fully saturated rings. The lowest BCUT2D eigenvalue weighted by atomic mass is 10.2. The van der Waals surface area contributed by atoms with Crippen LogP contribution in [0.5, 0.6) is 34.6 Å². The highest BCUT2D eigenvalue weighted by Crippen LogP contribution is 2.38. The number of aromatic nitrogens is 2. The molecule has 13 nitrogen and oxygen atoms in total. The molecule has 0 unspecified atom stereocenters. The van der Waals surface area contributed by atoms with Crippen LogP contribution in [0, 0.1) is 10.1 Å². The number of oxime groups is 1. The number of carbonyl (C=O) groups excluding carboxylic acids is 1. The summed E-state index contributed by atoms with van der Waals surface area (Å²) in [7, 11) is 0. The monoisotopic (exact) mass is 804 g/mol. The number of nitro benzene ring substituents is 1. The van der Waals surface area contributed by atoms with Crippen LogP contribution < -0.4 is 18.9 Å². The Morgan fingerprint density at radius 3 is 2.25 bits per heavy atom. The minimum Gasteiger partial charge on any atom is -0.487 e. The van der Waals surface area contributed by atoms with Gasteiger partial charge in [-0.2, -0.15) is 13.2 Å². The van der Waals surface area contributed by atoms with E-state index in [1.807, 2.05) is 13.8 Å². The summed E-state index contributed by atoms with van der Waals surface area (Å²) in [6.07, 6.45) is -3.77. The van der Waals surface area contributed by atoms with E-state index in [0.29, 0.717) is 33.4 Å². The summed E-state index contributed by atoms with van der Waals surface area (Å²) >= 11 is 11.8. The third-order valence-electron chi connectivity index (χ3n) is 6.75. The van der Waals surface area contributed by atoms with Gasteiger partial charge < -0.3 is 28.5 Å². The molecule has 0 N–H and O–H groups in total. The predicted molar refractivity (Wildman–Crippen MR) is 198 cm³/mol. The van der Waals surface area contributed by atoms with E-state index in [2.05, 4.69) is 15.1 Å². The van der Waals surface area contributed by atoms with Crippen molar-refractivity contribution < 1.29 is 51.4 Å². The molecule has 5 rings (SSSR count). The molecule has 0 radical (unpaired) electrons. The van der Waals surface area contributed by atoms with Gasteiger partial charge in [0.05, 0.1) is 45.1 Å². The van der Waals surface area contributed by atoms with Crippen molar-refractivity contribution >= 4 is 51.6 Å². The Morgan fingerprint density at radius 1 is 0.891 bits per heavy atom. The minimum absolute atomic E-state index is 0.0111. The summed E-state index contributed by atoms with van der Waals surface area (Å²) < 4.78 is 64.8. The van der Waals surface area contributed by atoms with E-state index in [0.717, 1.165) is 23.9 Å². The number of hydrogen-bond acceptors (Lipinski definition) is 12. The molecule has 0 saturated heterocycles. The fraction of sp³-hybridized carbons (Fsp3) is 0.243. The fourth-order valence-electron chi connectivity index (χ4n) is 4.31. The summed E-state index contributed by atoms with van der Waals surface area (Å²) in [6, 6.07) is 18.5. The molecule has 1 aromatic heterocycles. The molecule has 4 aromatic carbocycles. The molecule has 5 aromatic rings. The lowest BCUT2D eigenvalue weighted by Crippen LogP contribution is -2.27. The van der Waals surface area contributed by atoms with E-state index in [9.17, 15) is 28.1 Å². The highest BCUT2D eigenvalue weighted by Gasteiger charge is 2.31. The Bertz CT molecular complexity index is 2130. The molecule has 0 aliphatic heterocycles. The van der Waals surface area contributed by atoms with Crippen LogP contribution in [-0.4, -0.2) is 52.5 Å². The molecule has 1 atom stereocenters. The molecule has 0 bridgehead atoms. The summed E-state index contributed by atoms with van der Waals surface area (Å²) in [6.45, 7) is 7.36. The molecule has 290 valence electrons. The molecule has 0 spiro atoms. The zero-order chi connectivity index (χ0) is 40.1. The number of alkyl halides is 3. The minimum atomic E-state index is -4.52. The van der Waals surface area contributed by atoms with Crippen molar-refractivity contribution in [3.63, 3.8) is 0 Å². The molecule has 55 heavy (non-hydrogen) atoms. The Balaban J connectivity index is 0.000000253. The quantitative estimate of drug-likeness (QED) is 0.0346. The maximum absolute atomic E-state index is 12.6. The maximum Gasteiger partial charge on any atom is 0.416 e. The van der Waals surface area contributed by atoms with Crippen molar-refractivity contribution in [2.75, 3.05) is 19.8 Å². The predicted octanol–water partition coefficient (Wildman–Crippen LogP) is 10.3. The average molecular weight is 806 g/mol. The number of ether oxygens (including phenoxy) is 5. The highest BCUT2D eigenvalue weighted by molar-refractivity contribution is 6.32. The van der Waals surface area contributed by atoms with Crippen molar-refractivity contribution in [1.82, 2.24) is 9.97 Å². The van der Waals surface area contributed by atoms with Crippen LogP contribution >= 0.6 is 23.2 Å². The number of halogens is 5. The number of benzene rings is 4. The Labute approximate surface area is 322 Å². The largest absolute Gasteiger partial charge is 0.487 e. The number of rotatable bonds is 14. The van der Waals surface area contributed by atoms with E-state index in [1.165, 1.54) is 24.4 Å². The van der Waals surface area contributed by atoms with Gasteiger partial charge in [-0.25, -0.2) is 14.8 Å². The highest BCUT2D eigenvalue weighted by atomic mass is 35.5. The van der Waals surface area contributed by atoms with E-state index >= 15 is 0 Å². The number of carbonyl (C=O) groups is 1. The standard InChI is InChI=1S/C22H22ClN3O5.C15H11ClF3NO4/c1-14(2)26-29-11-10-28-22(27)15(3)30-17-5-7-18(8-6-17)31-21-13-24-20-12-16(23)4-9-19(20)25-21;1-2-23-14-8-10(4-5-12(14)20(21)22)24-13-6-3-9(7-11(13)16)15(17,18)19/h4-9,12-13,15H,10-11H2,1-3H3;3-8H,2H2,1H3/t15-;/m1./s1. The lowest BCUT2D eigenvalue weighted by molar-refractivity contribution is -0.385. The third-order valence-corrected chi connectivity index (χ3v) is 7.28. The second-order valence-electron chi connectivity index (χ2n) is 11.3. The fourth-order valence-corrected chi connectivity index (χ4v) is 4.70. The number of hydrogen-bond donors (Lipinski definition) is 0. The first-order valence-electron chi connectivity index (χ1n) is 16.3. The maximum atomic E-state index is 12.6. The van der Waals surface area contributed by atoms with Crippen molar-refractivity contribution in [2.24, 2.45) is 5.16 Å². The first kappa shape index (κ1) is 41.9. The van der Waals surface area contributed by atoms with Gasteiger partial charge in [-0.3, -0.25) is 10.1 Å². The first-order chi connectivity index (χ1) is 26.1. The van der Waals surface area contributed by atoms with E-state index < -0.39 is 28.7 Å². The second-order valence-corrected chi connectivity index (χ2v) is 12.1. The lowest BCUT2D eigenvalue weighted by Gasteiger charge is -2.14. The van der Waals surface area contributed by atoms with Gasteiger partial charge in [0.15, 0.2) is 12.7 Å². The van der Waals surface area contributed by atoms with Crippen LogP contribution in [0.4, 0.5) is 18.9 Å². The van der Waals surface area contributed by atoms with Gasteiger partial charge in [0, 0.05) is 17.2 Å². The van der Waals surface area contributed by atoms with E-state index in [-0.39, 0.29) is 47.8 Å². The van der Waals surface area contributed by atoms with Gasteiger partial charge in [-0.1, -0.05) is 28.4 Å². The van der Waals surface area contributed by atoms with Gasteiger partial charge in [-0.15, -0.1) is 0 Å². The number of nitrogens with zero attached hydrogens (tertiary/aromatic N) is 4. The first-order valence-corrected chi connectivity index (χ1v) is 17.0. The topological polar surface area (TPSA) is 154 Å². The number of nitro groups is 1. The van der Waals surface area contributed by atoms with Gasteiger partial charge in [-0.05, 0) is 94.4 Å². The smallest absolute Gasteiger partial charge is 0.416 e. The summed E-state index contributed by atoms with van der Waals surface area (Å²) in [5.41, 5.74) is 0.995. The Morgan fingerprint density at radius 2 is 1.60 bits per heavy atom. The van der Waals surface area contributed by atoms with Crippen molar-refractivity contribution in [3.05, 3.63) is 111 Å². The van der Waals surface area contributed by atoms with Crippen molar-refractivity contribution in [2.45, 2.75) is 40.0 Å². The number of esters is 1. The summed E-state index contributed by atoms with van der Waals surface area (Å²) in [5, 5.41) is 15.0. The summed E-state index contributed by atoms with van der Waals surface area (Å²) in [5.74, 6) is 1.03. The van der Waals surface area contributed by atoms with Crippen molar-refractivity contribution in [3.8, 4) is 34.6 Å². The Kier molecular flexibility index (Phi) is 14.8. The summed E-state index contributed by atoms with van der Waals surface area (Å²) in [4.78, 5) is 36.0. The van der Waals surface area contributed by atoms with Gasteiger partial charge in [0.25, 0.3) is 0 Å². The Hall–Kier alpha value is -5.87. The SMILES string of the molecule is CC(C)=NOCCOC(=O)[C@@H](C)Oc1ccc(Oc2cnc3cc(Cl)ccc3n2)cc1.CCOc1cc(Oc2ccc(C(F)(F)F)cc2Cl)ccc1[N+](=O)[O-]. The van der Waals surface area contributed by atoms with E-state index in [4.69, 9.17) is 51.7 Å². The van der Waals surface area contributed by atoms with Crippen LogP contribution in [-0.2, 0) is 20.5 Å². The zero-order valence-corrected chi connectivity index (χ0v) is 31.1. The van der Waals surface area contributed by atoms with Gasteiger partial charge in [0.2, 0.25) is 11.6 Å². The average Bonchev–Trinajstić information content (AvgIpc) is 3.13. The van der Waals surface area contributed by atoms with Crippen LogP contribution in [0.25, 0.3) is 11.0 Å². The molecule has 0 aliphatic rings. The van der Waals surface area contributed by atoms with Crippen LogP contribution in [0.2, 0.25) is 10.0 Å². The third kappa shape index (κ3) is 12.9. The molecule has 0 saturated carbocycles. The van der Waals surface area contributed by atoms with Crippen LogP contribution in [0.1, 0.15) is 33.3 Å². The molecular weight excluding hydrogens is 772 g/mol. The molecule has 0 aliphatic carbocycles.